The molecule has 0 aliphatic rings. The molecular formula is C24H41FN2O3. The first-order chi connectivity index (χ1) is 14.5. The van der Waals surface area contributed by atoms with Gasteiger partial charge in [-0.2, -0.15) is 0 Å². The number of aromatic nitrogens is 1. The van der Waals surface area contributed by atoms with Crippen LogP contribution in [0.3, 0.4) is 0 Å². The van der Waals surface area contributed by atoms with Crippen LogP contribution in [0.15, 0.2) is 6.20 Å². The first kappa shape index (κ1) is 26.2. The van der Waals surface area contributed by atoms with E-state index in [0.717, 1.165) is 19.1 Å². The summed E-state index contributed by atoms with van der Waals surface area (Å²) in [5.41, 5.74) is 0.610. The van der Waals surface area contributed by atoms with Gasteiger partial charge in [-0.1, -0.05) is 71.1 Å². The molecule has 0 saturated carbocycles. The molecule has 0 aliphatic heterocycles. The minimum Gasteiger partial charge on any atom is -0.465 e. The van der Waals surface area contributed by atoms with Crippen molar-refractivity contribution in [2.75, 3.05) is 25.1 Å². The number of anilines is 1. The Morgan fingerprint density at radius 1 is 1.03 bits per heavy atom. The van der Waals surface area contributed by atoms with Crippen molar-refractivity contribution in [3.8, 4) is 0 Å². The fourth-order valence-corrected chi connectivity index (χ4v) is 3.81. The Morgan fingerprint density at radius 2 is 1.60 bits per heavy atom. The summed E-state index contributed by atoms with van der Waals surface area (Å²) in [7, 11) is 1.64. The normalized spacial score (nSPS) is 10.9. The molecule has 0 aromatic carbocycles. The quantitative estimate of drug-likeness (QED) is 0.173. The maximum atomic E-state index is 15.0. The van der Waals surface area contributed by atoms with Gasteiger partial charge in [0.15, 0.2) is 5.82 Å². The van der Waals surface area contributed by atoms with Crippen LogP contribution in [0.1, 0.15) is 90.0 Å². The third-order valence-electron chi connectivity index (χ3n) is 5.42. The number of ether oxygens (including phenoxy) is 1. The molecule has 1 heterocycles. The maximum Gasteiger partial charge on any atom is 0.325 e. The zero-order chi connectivity index (χ0) is 22.2. The number of esters is 1. The highest BCUT2D eigenvalue weighted by molar-refractivity contribution is 5.75. The number of aldehydes is 1. The maximum absolute atomic E-state index is 15.0. The van der Waals surface area contributed by atoms with E-state index in [1.807, 2.05) is 0 Å². The van der Waals surface area contributed by atoms with Crippen molar-refractivity contribution in [2.24, 2.45) is 0 Å². The first-order valence-corrected chi connectivity index (χ1v) is 11.7. The number of halogens is 1. The second kappa shape index (κ2) is 15.9. The van der Waals surface area contributed by atoms with E-state index in [9.17, 15) is 14.0 Å². The van der Waals surface area contributed by atoms with Gasteiger partial charge in [0.2, 0.25) is 0 Å². The van der Waals surface area contributed by atoms with Crippen LogP contribution in [0, 0.1) is 5.82 Å². The van der Waals surface area contributed by atoms with Crippen molar-refractivity contribution in [1.29, 1.82) is 0 Å². The monoisotopic (exact) mass is 424 g/mol. The van der Waals surface area contributed by atoms with E-state index in [0.29, 0.717) is 12.0 Å². The lowest BCUT2D eigenvalue weighted by atomic mass is 10.0. The molecule has 0 bridgehead atoms. The van der Waals surface area contributed by atoms with Crippen molar-refractivity contribution in [1.82, 2.24) is 4.57 Å². The number of carbonyl (C=O) groups is 2. The predicted molar refractivity (Wildman–Crippen MR) is 121 cm³/mol. The van der Waals surface area contributed by atoms with Crippen LogP contribution in [0.25, 0.3) is 0 Å². The summed E-state index contributed by atoms with van der Waals surface area (Å²) in [6, 6.07) is 0. The SMILES string of the molecule is CCCCCCCCCCCCCc1cn(CC=O)c(N(C)CC(=O)OCC)c1F. The van der Waals surface area contributed by atoms with Gasteiger partial charge in [-0.15, -0.1) is 0 Å². The number of aryl methyl sites for hydroxylation is 1. The van der Waals surface area contributed by atoms with Crippen molar-refractivity contribution in [3.63, 3.8) is 0 Å². The summed E-state index contributed by atoms with van der Waals surface area (Å²) in [4.78, 5) is 24.2. The lowest BCUT2D eigenvalue weighted by Crippen LogP contribution is -2.29. The molecule has 0 N–H and O–H groups in total. The summed E-state index contributed by atoms with van der Waals surface area (Å²) in [5.74, 6) is -0.478. The minimum absolute atomic E-state index is 0.0501. The predicted octanol–water partition coefficient (Wildman–Crippen LogP) is 5.68. The summed E-state index contributed by atoms with van der Waals surface area (Å²) in [6.07, 6.45) is 16.9. The van der Waals surface area contributed by atoms with Crippen LogP contribution in [0.2, 0.25) is 0 Å². The van der Waals surface area contributed by atoms with Crippen LogP contribution in [-0.2, 0) is 27.3 Å². The molecule has 172 valence electrons. The van der Waals surface area contributed by atoms with Gasteiger partial charge in [-0.25, -0.2) is 4.39 Å². The average Bonchev–Trinajstić information content (AvgIpc) is 3.01. The molecule has 6 heteroatoms. The molecule has 1 aromatic rings. The summed E-state index contributed by atoms with van der Waals surface area (Å²) < 4.78 is 21.5. The number of rotatable bonds is 18. The van der Waals surface area contributed by atoms with Crippen molar-refractivity contribution in [3.05, 3.63) is 17.6 Å². The molecule has 1 aromatic heterocycles. The van der Waals surface area contributed by atoms with Gasteiger partial charge in [0, 0.05) is 18.8 Å². The Kier molecular flexibility index (Phi) is 13.9. The van der Waals surface area contributed by atoms with E-state index in [-0.39, 0.29) is 31.3 Å². The molecule has 30 heavy (non-hydrogen) atoms. The molecular weight excluding hydrogens is 383 g/mol. The highest BCUT2D eigenvalue weighted by atomic mass is 19.1. The molecule has 0 radical (unpaired) electrons. The van der Waals surface area contributed by atoms with Crippen LogP contribution >= 0.6 is 0 Å². The number of unbranched alkanes of at least 4 members (excludes halogenated alkanes) is 10. The van der Waals surface area contributed by atoms with Crippen LogP contribution in [-0.4, -0.2) is 37.0 Å². The largest absolute Gasteiger partial charge is 0.465 e. The number of carbonyl (C=O) groups excluding carboxylic acids is 2. The molecule has 0 spiro atoms. The average molecular weight is 425 g/mol. The van der Waals surface area contributed by atoms with Gasteiger partial charge in [0.1, 0.15) is 18.6 Å². The molecule has 0 aliphatic carbocycles. The number of nitrogens with zero attached hydrogens (tertiary/aromatic N) is 2. The Hall–Kier alpha value is -1.85. The van der Waals surface area contributed by atoms with Crippen LogP contribution in [0.4, 0.5) is 10.2 Å². The van der Waals surface area contributed by atoms with E-state index in [4.69, 9.17) is 4.74 Å². The summed E-state index contributed by atoms with van der Waals surface area (Å²) >= 11 is 0. The molecule has 0 unspecified atom stereocenters. The Labute approximate surface area is 182 Å². The van der Waals surface area contributed by atoms with E-state index in [1.54, 1.807) is 24.7 Å². The van der Waals surface area contributed by atoms with E-state index >= 15 is 0 Å². The highest BCUT2D eigenvalue weighted by Gasteiger charge is 2.21. The Bertz CT molecular complexity index is 616. The van der Waals surface area contributed by atoms with Gasteiger partial charge in [-0.05, 0) is 19.8 Å². The van der Waals surface area contributed by atoms with Gasteiger partial charge < -0.3 is 19.0 Å². The topological polar surface area (TPSA) is 51.5 Å². The number of likely N-dealkylation sites (N-methyl/N-ethyl adjacent to an activating group) is 1. The molecule has 5 nitrogen and oxygen atoms in total. The third kappa shape index (κ3) is 9.77. The van der Waals surface area contributed by atoms with Gasteiger partial charge >= 0.3 is 5.97 Å². The zero-order valence-electron chi connectivity index (χ0n) is 19.3. The summed E-state index contributed by atoms with van der Waals surface area (Å²) in [6.45, 7) is 4.28. The molecule has 0 atom stereocenters. The van der Waals surface area contributed by atoms with Crippen LogP contribution < -0.4 is 4.90 Å². The molecule has 0 amide bonds. The van der Waals surface area contributed by atoms with E-state index < -0.39 is 5.97 Å². The minimum atomic E-state index is -0.412. The van der Waals surface area contributed by atoms with E-state index in [2.05, 4.69) is 6.92 Å². The second-order valence-corrected chi connectivity index (χ2v) is 8.06. The Morgan fingerprint density at radius 3 is 2.13 bits per heavy atom. The zero-order valence-corrected chi connectivity index (χ0v) is 19.3. The molecule has 0 saturated heterocycles. The number of hydrogen-bond acceptors (Lipinski definition) is 4. The highest BCUT2D eigenvalue weighted by Crippen LogP contribution is 2.26. The summed E-state index contributed by atoms with van der Waals surface area (Å²) in [5, 5.41) is 0. The van der Waals surface area contributed by atoms with Gasteiger partial charge in [0.25, 0.3) is 0 Å². The van der Waals surface area contributed by atoms with Crippen molar-refractivity contribution < 1.29 is 18.7 Å². The van der Waals surface area contributed by atoms with Crippen molar-refractivity contribution >= 4 is 18.1 Å². The molecule has 1 rings (SSSR count). The lowest BCUT2D eigenvalue weighted by Gasteiger charge is -2.19. The first-order valence-electron chi connectivity index (χ1n) is 11.7. The second-order valence-electron chi connectivity index (χ2n) is 8.06. The Balaban J connectivity index is 2.41. The lowest BCUT2D eigenvalue weighted by molar-refractivity contribution is -0.141. The number of hydrogen-bond donors (Lipinski definition) is 0. The third-order valence-corrected chi connectivity index (χ3v) is 5.42. The van der Waals surface area contributed by atoms with Gasteiger partial charge in [0.05, 0.1) is 13.2 Å². The fourth-order valence-electron chi connectivity index (χ4n) is 3.81. The van der Waals surface area contributed by atoms with E-state index in [1.165, 1.54) is 62.7 Å². The van der Waals surface area contributed by atoms with Crippen molar-refractivity contribution in [2.45, 2.75) is 97.4 Å². The van der Waals surface area contributed by atoms with Crippen LogP contribution in [0.5, 0.6) is 0 Å². The standard InChI is InChI=1S/C24H41FN2O3/c1-4-6-7-8-9-10-11-12-13-14-15-16-21-19-27(17-18-28)24(23(21)25)26(3)20-22(29)30-5-2/h18-19H,4-17,20H2,1-3H3. The van der Waals surface area contributed by atoms with Gasteiger partial charge in [-0.3, -0.25) is 4.79 Å². The smallest absolute Gasteiger partial charge is 0.325 e. The molecule has 0 fully saturated rings. The fraction of sp³-hybridized carbons (Fsp3) is 0.750.